The first kappa shape index (κ1) is 41.7. The topological polar surface area (TPSA) is 66.2 Å². The number of nitrogens with two attached hydrogens (primary N) is 1. The van der Waals surface area contributed by atoms with Gasteiger partial charge in [-0.3, -0.25) is 0 Å². The fourth-order valence-electron chi connectivity index (χ4n) is 4.04. The zero-order valence-corrected chi connectivity index (χ0v) is 29.3. The number of thiazole rings is 1. The Labute approximate surface area is 264 Å². The van der Waals surface area contributed by atoms with Gasteiger partial charge >= 0.3 is 0 Å². The van der Waals surface area contributed by atoms with Crippen molar-refractivity contribution in [2.75, 3.05) is 26.7 Å². The Hall–Kier alpha value is -2.41. The highest BCUT2D eigenvalue weighted by molar-refractivity contribution is 7.13. The Morgan fingerprint density at radius 2 is 1.74 bits per heavy atom. The Kier molecular flexibility index (Phi) is 28.5. The number of rotatable bonds is 13. The number of aryl methyl sites for hydroxylation is 1. The molecule has 42 heavy (non-hydrogen) atoms. The molecule has 1 unspecified atom stereocenters. The molecule has 5 nitrogen and oxygen atoms in total. The number of aromatic nitrogens is 1. The van der Waals surface area contributed by atoms with Crippen LogP contribution in [-0.4, -0.2) is 42.6 Å². The standard InChI is InChI=1S/C13H14N2S.C9H18N2.C8H17N.C4H10.C2H6/c1-3-14-8-11-4-6-12(7-5-11)13-10(2)15-9-16-13;1-8-5-4-6-11(8)9(2)7-10-3;1-2-3-4-5-6-7-8-9;1-4(2)3;1-2/h3-7,9,14H,1,8H2,2H3;8,10H,2,4-7H2,1,3H3;2H,1,3-9H2;4H,1-3H3;1-2H3. The second-order valence-electron chi connectivity index (χ2n) is 10.8. The molecule has 1 aromatic carbocycles. The van der Waals surface area contributed by atoms with Crippen LogP contribution in [0.4, 0.5) is 0 Å². The molecule has 1 aliphatic rings. The Bertz CT molecular complexity index is 901. The SMILES string of the molecule is C=C(CNC)N1CCCC1C.C=CCCCCCCN.C=CNCc1ccc(-c2scnc2C)cc1.CC.CC(C)C. The van der Waals surface area contributed by atoms with Gasteiger partial charge in [-0.05, 0) is 82.8 Å². The van der Waals surface area contributed by atoms with E-state index < -0.39 is 0 Å². The quantitative estimate of drug-likeness (QED) is 0.158. The highest BCUT2D eigenvalue weighted by Gasteiger charge is 2.20. The van der Waals surface area contributed by atoms with E-state index in [-0.39, 0.29) is 0 Å². The normalized spacial score (nSPS) is 13.2. The summed E-state index contributed by atoms with van der Waals surface area (Å²) in [5.41, 5.74) is 12.0. The van der Waals surface area contributed by atoms with E-state index in [9.17, 15) is 0 Å². The van der Waals surface area contributed by atoms with Gasteiger partial charge in [0.25, 0.3) is 0 Å². The number of allylic oxidation sites excluding steroid dienone is 1. The van der Waals surface area contributed by atoms with Crippen LogP contribution in [0.1, 0.15) is 97.7 Å². The molecule has 1 aromatic heterocycles. The van der Waals surface area contributed by atoms with E-state index in [0.29, 0.717) is 6.04 Å². The van der Waals surface area contributed by atoms with Crippen molar-refractivity contribution < 1.29 is 0 Å². The van der Waals surface area contributed by atoms with Gasteiger partial charge in [0.2, 0.25) is 0 Å². The van der Waals surface area contributed by atoms with Crippen LogP contribution >= 0.6 is 11.3 Å². The molecule has 0 amide bonds. The van der Waals surface area contributed by atoms with E-state index in [0.717, 1.165) is 37.7 Å². The van der Waals surface area contributed by atoms with E-state index in [1.807, 2.05) is 39.4 Å². The Balaban J connectivity index is 0. The molecular weight excluding hydrogens is 534 g/mol. The number of nitrogens with one attached hydrogen (secondary N) is 2. The van der Waals surface area contributed by atoms with Crippen LogP contribution in [-0.2, 0) is 6.54 Å². The van der Waals surface area contributed by atoms with Gasteiger partial charge in [0.05, 0.1) is 16.1 Å². The van der Waals surface area contributed by atoms with Crippen molar-refractivity contribution in [2.24, 2.45) is 11.7 Å². The van der Waals surface area contributed by atoms with Crippen molar-refractivity contribution in [3.05, 3.63) is 78.7 Å². The van der Waals surface area contributed by atoms with Crippen molar-refractivity contribution in [1.82, 2.24) is 20.5 Å². The fourth-order valence-corrected chi connectivity index (χ4v) is 4.85. The Morgan fingerprint density at radius 3 is 2.19 bits per heavy atom. The van der Waals surface area contributed by atoms with E-state index in [2.05, 4.69) is 92.2 Å². The monoisotopic (exact) mass is 599 g/mol. The number of benzene rings is 1. The first-order valence-corrected chi connectivity index (χ1v) is 16.8. The second-order valence-corrected chi connectivity index (χ2v) is 11.7. The minimum atomic E-state index is 0.704. The number of likely N-dealkylation sites (N-methyl/N-ethyl adjacent to an activating group) is 1. The summed E-state index contributed by atoms with van der Waals surface area (Å²) in [5.74, 6) is 0.833. The molecule has 1 fully saturated rings. The van der Waals surface area contributed by atoms with Crippen LogP contribution < -0.4 is 16.4 Å². The van der Waals surface area contributed by atoms with Gasteiger partial charge in [0.1, 0.15) is 0 Å². The lowest BCUT2D eigenvalue weighted by atomic mass is 10.1. The molecule has 240 valence electrons. The molecule has 0 bridgehead atoms. The fraction of sp³-hybridized carbons (Fsp3) is 0.583. The van der Waals surface area contributed by atoms with Crippen LogP contribution in [0, 0.1) is 12.8 Å². The first-order valence-electron chi connectivity index (χ1n) is 15.9. The molecule has 0 radical (unpaired) electrons. The van der Waals surface area contributed by atoms with Gasteiger partial charge in [-0.1, -0.05) is 91.0 Å². The molecule has 2 heterocycles. The molecule has 0 aliphatic carbocycles. The molecule has 0 saturated carbocycles. The average molecular weight is 600 g/mol. The summed E-state index contributed by atoms with van der Waals surface area (Å²) in [7, 11) is 1.96. The number of hydrogen-bond donors (Lipinski definition) is 3. The maximum absolute atomic E-state index is 5.32. The minimum absolute atomic E-state index is 0.704. The number of hydrogen-bond acceptors (Lipinski definition) is 6. The van der Waals surface area contributed by atoms with Gasteiger partial charge < -0.3 is 21.3 Å². The highest BCUT2D eigenvalue weighted by atomic mass is 32.1. The van der Waals surface area contributed by atoms with E-state index in [1.54, 1.807) is 17.5 Å². The predicted molar refractivity (Wildman–Crippen MR) is 192 cm³/mol. The minimum Gasteiger partial charge on any atom is -0.387 e. The van der Waals surface area contributed by atoms with Gasteiger partial charge in [0, 0.05) is 31.4 Å². The zero-order chi connectivity index (χ0) is 32.2. The third kappa shape index (κ3) is 21.3. The van der Waals surface area contributed by atoms with E-state index >= 15 is 0 Å². The first-order chi connectivity index (χ1) is 20.2. The smallest absolute Gasteiger partial charge is 0.0801 e. The van der Waals surface area contributed by atoms with Crippen molar-refractivity contribution in [1.29, 1.82) is 0 Å². The largest absolute Gasteiger partial charge is 0.387 e. The second kappa shape index (κ2) is 28.7. The van der Waals surface area contributed by atoms with Crippen LogP contribution in [0.3, 0.4) is 0 Å². The van der Waals surface area contributed by atoms with Crippen LogP contribution in [0.15, 0.2) is 67.5 Å². The summed E-state index contributed by atoms with van der Waals surface area (Å²) in [4.78, 5) is 7.91. The third-order valence-electron chi connectivity index (χ3n) is 6.11. The van der Waals surface area contributed by atoms with Crippen LogP contribution in [0.2, 0.25) is 0 Å². The zero-order valence-electron chi connectivity index (χ0n) is 28.5. The Morgan fingerprint density at radius 1 is 1.12 bits per heavy atom. The molecule has 4 N–H and O–H groups in total. The lowest BCUT2D eigenvalue weighted by Crippen LogP contribution is -2.30. The van der Waals surface area contributed by atoms with Crippen molar-refractivity contribution in [3.63, 3.8) is 0 Å². The maximum Gasteiger partial charge on any atom is 0.0801 e. The molecular formula is C36H65N5S. The number of unbranched alkanes of at least 4 members (excludes halogenated alkanes) is 4. The van der Waals surface area contributed by atoms with Crippen molar-refractivity contribution in [3.8, 4) is 10.4 Å². The molecule has 6 heteroatoms. The van der Waals surface area contributed by atoms with Crippen molar-refractivity contribution >= 4 is 11.3 Å². The lowest BCUT2D eigenvalue weighted by molar-refractivity contribution is 0.333. The predicted octanol–water partition coefficient (Wildman–Crippen LogP) is 9.33. The van der Waals surface area contributed by atoms with E-state index in [1.165, 1.54) is 66.8 Å². The van der Waals surface area contributed by atoms with Gasteiger partial charge in [0.15, 0.2) is 0 Å². The van der Waals surface area contributed by atoms with Crippen LogP contribution in [0.25, 0.3) is 10.4 Å². The lowest BCUT2D eigenvalue weighted by Gasteiger charge is -2.25. The van der Waals surface area contributed by atoms with Gasteiger partial charge in [-0.2, -0.15) is 0 Å². The highest BCUT2D eigenvalue weighted by Crippen LogP contribution is 2.27. The summed E-state index contributed by atoms with van der Waals surface area (Å²) in [6.07, 6.45) is 12.5. The molecule has 0 spiro atoms. The maximum atomic E-state index is 5.32. The van der Waals surface area contributed by atoms with Crippen molar-refractivity contribution in [2.45, 2.75) is 106 Å². The van der Waals surface area contributed by atoms with E-state index in [4.69, 9.17) is 5.73 Å². The summed E-state index contributed by atoms with van der Waals surface area (Å²) in [5, 5.41) is 6.21. The van der Waals surface area contributed by atoms with Crippen LogP contribution in [0.5, 0.6) is 0 Å². The van der Waals surface area contributed by atoms with Gasteiger partial charge in [-0.25, -0.2) is 4.98 Å². The third-order valence-corrected chi connectivity index (χ3v) is 7.09. The molecule has 1 saturated heterocycles. The summed E-state index contributed by atoms with van der Waals surface area (Å²) in [6.45, 7) is 29.9. The van der Waals surface area contributed by atoms with Gasteiger partial charge in [-0.15, -0.1) is 17.9 Å². The number of nitrogens with zero attached hydrogens (tertiary/aromatic N) is 2. The molecule has 2 aromatic rings. The average Bonchev–Trinajstić information content (AvgIpc) is 3.61. The summed E-state index contributed by atoms with van der Waals surface area (Å²) in [6, 6.07) is 9.24. The number of likely N-dealkylation sites (tertiary alicyclic amines) is 1. The summed E-state index contributed by atoms with van der Waals surface area (Å²) < 4.78 is 0. The molecule has 1 aliphatic heterocycles. The molecule has 3 rings (SSSR count). The molecule has 1 atom stereocenters. The summed E-state index contributed by atoms with van der Waals surface area (Å²) >= 11 is 1.68.